The number of aliphatic hydroxyl groups is 1. The molecule has 1 saturated heterocycles. The molecule has 5 aromatic rings. The second-order valence-corrected chi connectivity index (χ2v) is 12.9. The Hall–Kier alpha value is -4.44. The van der Waals surface area contributed by atoms with E-state index >= 15 is 0 Å². The maximum atomic E-state index is 13.7. The van der Waals surface area contributed by atoms with E-state index in [9.17, 15) is 14.7 Å². The highest BCUT2D eigenvalue weighted by Gasteiger charge is 2.48. The first-order valence-corrected chi connectivity index (χ1v) is 15.9. The molecule has 1 amide bonds. The number of rotatable bonds is 8. The highest BCUT2D eigenvalue weighted by Crippen LogP contribution is 2.45. The Labute approximate surface area is 267 Å². The fourth-order valence-electron chi connectivity index (χ4n) is 4.94. The number of amides is 1. The number of carbonyl (C=O) groups is 2. The van der Waals surface area contributed by atoms with E-state index in [4.69, 9.17) is 16.3 Å². The predicted molar refractivity (Wildman–Crippen MR) is 175 cm³/mol. The lowest BCUT2D eigenvalue weighted by Crippen LogP contribution is -2.29. The highest BCUT2D eigenvalue weighted by molar-refractivity contribution is 8.00. The molecular weight excluding hydrogens is 614 g/mol. The minimum atomic E-state index is -0.962. The number of benzene rings is 4. The molecule has 0 bridgehead atoms. The first-order valence-electron chi connectivity index (χ1n) is 13.7. The Morgan fingerprint density at radius 1 is 0.932 bits per heavy atom. The van der Waals surface area contributed by atoms with E-state index in [1.807, 2.05) is 80.6 Å². The third-order valence-corrected chi connectivity index (χ3v) is 9.50. The van der Waals surface area contributed by atoms with Crippen LogP contribution in [0.2, 0.25) is 5.02 Å². The maximum Gasteiger partial charge on any atom is 0.301 e. The number of Topliss-reactive ketones (excluding diaryl/α,β-unsaturated/α-hetero) is 1. The molecule has 6 rings (SSSR count). The van der Waals surface area contributed by atoms with Gasteiger partial charge in [-0.25, -0.2) is 0 Å². The molecular formula is C34H26ClN3O4S2. The number of anilines is 1. The lowest BCUT2D eigenvalue weighted by atomic mass is 9.93. The van der Waals surface area contributed by atoms with Crippen LogP contribution in [-0.2, 0) is 15.3 Å². The Kier molecular flexibility index (Phi) is 8.52. The minimum absolute atomic E-state index is 0.0221. The molecule has 1 atom stereocenters. The van der Waals surface area contributed by atoms with Crippen LogP contribution < -0.4 is 9.64 Å². The van der Waals surface area contributed by atoms with Gasteiger partial charge in [0.1, 0.15) is 17.3 Å². The smallest absolute Gasteiger partial charge is 0.301 e. The van der Waals surface area contributed by atoms with Gasteiger partial charge in [0, 0.05) is 16.3 Å². The van der Waals surface area contributed by atoms with Gasteiger partial charge in [0.15, 0.2) is 4.34 Å². The Balaban J connectivity index is 1.41. The van der Waals surface area contributed by atoms with E-state index in [0.717, 1.165) is 16.7 Å². The molecule has 0 spiro atoms. The summed E-state index contributed by atoms with van der Waals surface area (Å²) in [5, 5.41) is 21.2. The number of hydrogen-bond acceptors (Lipinski definition) is 8. The van der Waals surface area contributed by atoms with Crippen LogP contribution >= 0.6 is 34.7 Å². The SMILES string of the molecule is Cc1ccc(C)c(/C(O)=C2\C(=O)C(=O)N(c3nnc(SCc4ccc(Cl)cc4)s3)C2c2cccc(Oc3ccccc3)c2)c1. The van der Waals surface area contributed by atoms with E-state index in [1.54, 1.807) is 30.3 Å². The summed E-state index contributed by atoms with van der Waals surface area (Å²) in [6, 6.07) is 28.6. The second-order valence-electron chi connectivity index (χ2n) is 10.2. The number of aryl methyl sites for hydroxylation is 2. The van der Waals surface area contributed by atoms with Crippen molar-refractivity contribution in [1.82, 2.24) is 10.2 Å². The van der Waals surface area contributed by atoms with E-state index in [0.29, 0.717) is 37.7 Å². The topological polar surface area (TPSA) is 92.6 Å². The summed E-state index contributed by atoms with van der Waals surface area (Å²) < 4.78 is 6.70. The average Bonchev–Trinajstić information content (AvgIpc) is 3.60. The molecule has 1 N–H and O–H groups in total. The van der Waals surface area contributed by atoms with Crippen LogP contribution in [0.4, 0.5) is 5.13 Å². The van der Waals surface area contributed by atoms with Crippen molar-refractivity contribution in [3.05, 3.63) is 135 Å². The summed E-state index contributed by atoms with van der Waals surface area (Å²) >= 11 is 8.69. The van der Waals surface area contributed by atoms with E-state index < -0.39 is 17.7 Å². The van der Waals surface area contributed by atoms with Gasteiger partial charge in [0.05, 0.1) is 11.6 Å². The minimum Gasteiger partial charge on any atom is -0.507 e. The molecule has 0 radical (unpaired) electrons. The second kappa shape index (κ2) is 12.7. The largest absolute Gasteiger partial charge is 0.507 e. The molecule has 0 saturated carbocycles. The van der Waals surface area contributed by atoms with Crippen molar-refractivity contribution in [3.63, 3.8) is 0 Å². The summed E-state index contributed by atoms with van der Waals surface area (Å²) in [5.41, 5.74) is 3.78. The normalized spacial score (nSPS) is 16.0. The van der Waals surface area contributed by atoms with Gasteiger partial charge >= 0.3 is 5.91 Å². The zero-order valence-corrected chi connectivity index (χ0v) is 26.1. The Bertz CT molecular complexity index is 1890. The molecule has 44 heavy (non-hydrogen) atoms. The van der Waals surface area contributed by atoms with E-state index in [-0.39, 0.29) is 16.5 Å². The number of nitrogens with zero attached hydrogens (tertiary/aromatic N) is 3. The van der Waals surface area contributed by atoms with Crippen molar-refractivity contribution in [1.29, 1.82) is 0 Å². The number of carbonyl (C=O) groups excluding carboxylic acids is 2. The summed E-state index contributed by atoms with van der Waals surface area (Å²) in [6.45, 7) is 3.75. The third kappa shape index (κ3) is 6.12. The van der Waals surface area contributed by atoms with Crippen LogP contribution in [0.3, 0.4) is 0 Å². The number of aromatic nitrogens is 2. The van der Waals surface area contributed by atoms with Gasteiger partial charge in [-0.05, 0) is 73.0 Å². The van der Waals surface area contributed by atoms with Crippen molar-refractivity contribution in [2.75, 3.05) is 4.90 Å². The number of ether oxygens (including phenoxy) is 1. The highest BCUT2D eigenvalue weighted by atomic mass is 35.5. The molecule has 0 aliphatic carbocycles. The van der Waals surface area contributed by atoms with Crippen LogP contribution in [0.5, 0.6) is 11.5 Å². The Morgan fingerprint density at radius 2 is 1.68 bits per heavy atom. The summed E-state index contributed by atoms with van der Waals surface area (Å²) in [7, 11) is 0. The molecule has 7 nitrogen and oxygen atoms in total. The molecule has 1 unspecified atom stereocenters. The molecule has 4 aromatic carbocycles. The van der Waals surface area contributed by atoms with Crippen molar-refractivity contribution < 1.29 is 19.4 Å². The lowest BCUT2D eigenvalue weighted by molar-refractivity contribution is -0.132. The van der Waals surface area contributed by atoms with Crippen molar-refractivity contribution in [2.45, 2.75) is 30.0 Å². The molecule has 220 valence electrons. The van der Waals surface area contributed by atoms with Gasteiger partial charge in [-0.15, -0.1) is 10.2 Å². The molecule has 10 heteroatoms. The summed E-state index contributed by atoms with van der Waals surface area (Å²) in [5.74, 6) is -0.0501. The zero-order chi connectivity index (χ0) is 30.8. The average molecular weight is 640 g/mol. The van der Waals surface area contributed by atoms with Crippen LogP contribution in [0.25, 0.3) is 5.76 Å². The number of para-hydroxylation sites is 1. The summed E-state index contributed by atoms with van der Waals surface area (Å²) in [4.78, 5) is 28.7. The Morgan fingerprint density at radius 3 is 2.45 bits per heavy atom. The molecule has 1 fully saturated rings. The van der Waals surface area contributed by atoms with Gasteiger partial charge in [-0.2, -0.15) is 0 Å². The van der Waals surface area contributed by atoms with Gasteiger partial charge in [-0.3, -0.25) is 14.5 Å². The lowest BCUT2D eigenvalue weighted by Gasteiger charge is -2.23. The quantitative estimate of drug-likeness (QED) is 0.0598. The number of hydrogen-bond donors (Lipinski definition) is 1. The molecule has 1 aliphatic heterocycles. The first-order chi connectivity index (χ1) is 21.3. The van der Waals surface area contributed by atoms with Crippen LogP contribution in [-0.4, -0.2) is 27.0 Å². The van der Waals surface area contributed by atoms with Crippen LogP contribution in [0, 0.1) is 13.8 Å². The number of halogens is 1. The van der Waals surface area contributed by atoms with Gasteiger partial charge in [0.2, 0.25) is 5.13 Å². The van der Waals surface area contributed by atoms with Crippen LogP contribution in [0.15, 0.2) is 107 Å². The fraction of sp³-hybridized carbons (Fsp3) is 0.118. The molecule has 1 aromatic heterocycles. The first kappa shape index (κ1) is 29.6. The summed E-state index contributed by atoms with van der Waals surface area (Å²) in [6.07, 6.45) is 0. The van der Waals surface area contributed by atoms with E-state index in [2.05, 4.69) is 10.2 Å². The molecule has 2 heterocycles. The van der Waals surface area contributed by atoms with Crippen molar-refractivity contribution >= 4 is 57.3 Å². The molecule has 1 aliphatic rings. The van der Waals surface area contributed by atoms with E-state index in [1.165, 1.54) is 28.0 Å². The zero-order valence-electron chi connectivity index (χ0n) is 23.7. The monoisotopic (exact) mass is 639 g/mol. The van der Waals surface area contributed by atoms with Crippen molar-refractivity contribution in [3.8, 4) is 11.5 Å². The van der Waals surface area contributed by atoms with Crippen molar-refractivity contribution in [2.24, 2.45) is 0 Å². The van der Waals surface area contributed by atoms with Gasteiger partial charge < -0.3 is 9.84 Å². The maximum absolute atomic E-state index is 13.7. The number of thioether (sulfide) groups is 1. The number of aliphatic hydroxyl groups excluding tert-OH is 1. The third-order valence-electron chi connectivity index (χ3n) is 7.12. The number of ketones is 1. The fourth-order valence-corrected chi connectivity index (χ4v) is 6.89. The van der Waals surface area contributed by atoms with Gasteiger partial charge in [-0.1, -0.05) is 94.9 Å². The standard InChI is InChI=1S/C34H26ClN3O4S2/c1-20-11-12-21(2)27(17-20)30(39)28-29(23-7-6-10-26(18-23)42-25-8-4-3-5-9-25)38(32(41)31(28)40)33-36-37-34(44-33)43-19-22-13-15-24(35)16-14-22/h3-18,29,39H,19H2,1-2H3/b30-28+. The predicted octanol–water partition coefficient (Wildman–Crippen LogP) is 8.52. The van der Waals surface area contributed by atoms with Gasteiger partial charge in [0.25, 0.3) is 5.78 Å². The van der Waals surface area contributed by atoms with Crippen LogP contribution in [0.1, 0.15) is 33.9 Å².